The zero-order valence-electron chi connectivity index (χ0n) is 10.5. The molecule has 0 spiro atoms. The number of Topliss-reactive ketones (excluding diaryl/α,β-unsaturated/α-hetero) is 1. The third kappa shape index (κ3) is 3.28. The molecule has 94 valence electrons. The number of carbonyl (C=O) groups is 1. The summed E-state index contributed by atoms with van der Waals surface area (Å²) in [5, 5.41) is 0. The van der Waals surface area contributed by atoms with E-state index in [-0.39, 0.29) is 23.3 Å². The maximum Gasteiger partial charge on any atom is 0.151 e. The van der Waals surface area contributed by atoms with E-state index in [0.717, 1.165) is 0 Å². The topological polar surface area (TPSA) is 54.5 Å². The Bertz CT molecular complexity index is 373. The van der Waals surface area contributed by atoms with Gasteiger partial charge in [-0.25, -0.2) is 8.42 Å². The molecule has 0 aromatic carbocycles. The van der Waals surface area contributed by atoms with Crippen LogP contribution in [-0.4, -0.2) is 50.2 Å². The Morgan fingerprint density at radius 3 is 2.38 bits per heavy atom. The molecule has 1 fully saturated rings. The second-order valence-electron chi connectivity index (χ2n) is 5.41. The number of hydrogen-bond donors (Lipinski definition) is 0. The normalized spacial score (nSPS) is 24.9. The molecule has 0 aromatic heterocycles. The van der Waals surface area contributed by atoms with Gasteiger partial charge < -0.3 is 4.90 Å². The lowest BCUT2D eigenvalue weighted by Crippen LogP contribution is -2.42. The molecule has 1 atom stereocenters. The van der Waals surface area contributed by atoms with E-state index in [4.69, 9.17) is 0 Å². The van der Waals surface area contributed by atoms with Crippen molar-refractivity contribution in [1.29, 1.82) is 0 Å². The van der Waals surface area contributed by atoms with E-state index in [9.17, 15) is 13.2 Å². The van der Waals surface area contributed by atoms with Crippen molar-refractivity contribution in [2.75, 3.05) is 25.1 Å². The molecule has 16 heavy (non-hydrogen) atoms. The highest BCUT2D eigenvalue weighted by atomic mass is 32.2. The van der Waals surface area contributed by atoms with E-state index in [0.29, 0.717) is 13.0 Å². The number of carbonyl (C=O) groups excluding carboxylic acids is 1. The van der Waals surface area contributed by atoms with Gasteiger partial charge >= 0.3 is 0 Å². The minimum atomic E-state index is -2.84. The molecule has 0 aliphatic carbocycles. The molecule has 1 unspecified atom stereocenters. The summed E-state index contributed by atoms with van der Waals surface area (Å²) >= 11 is 0. The predicted molar refractivity (Wildman–Crippen MR) is 64.2 cm³/mol. The zero-order chi connectivity index (χ0) is 12.6. The van der Waals surface area contributed by atoms with Crippen molar-refractivity contribution in [3.8, 4) is 0 Å². The Morgan fingerprint density at radius 2 is 2.00 bits per heavy atom. The summed E-state index contributed by atoms with van der Waals surface area (Å²) in [6.45, 7) is 5.99. The largest absolute Gasteiger partial charge is 0.301 e. The van der Waals surface area contributed by atoms with Crippen LogP contribution in [0.5, 0.6) is 0 Å². The van der Waals surface area contributed by atoms with Gasteiger partial charge in [0.25, 0.3) is 0 Å². The predicted octanol–water partition coefficient (Wildman–Crippen LogP) is 0.721. The summed E-state index contributed by atoms with van der Waals surface area (Å²) in [7, 11) is -0.944. The average molecular weight is 247 g/mol. The summed E-state index contributed by atoms with van der Waals surface area (Å²) in [5.41, 5.74) is -0.402. The maximum atomic E-state index is 11.4. The van der Waals surface area contributed by atoms with Gasteiger partial charge in [0, 0.05) is 18.0 Å². The summed E-state index contributed by atoms with van der Waals surface area (Å²) in [6.07, 6.45) is 0.687. The molecule has 0 saturated carbocycles. The quantitative estimate of drug-likeness (QED) is 0.734. The molecular weight excluding hydrogens is 226 g/mol. The van der Waals surface area contributed by atoms with Crippen molar-refractivity contribution in [2.45, 2.75) is 33.2 Å². The first-order valence-corrected chi connectivity index (χ1v) is 7.38. The molecule has 0 radical (unpaired) electrons. The van der Waals surface area contributed by atoms with Crippen molar-refractivity contribution < 1.29 is 13.2 Å². The van der Waals surface area contributed by atoms with Crippen LogP contribution in [0.25, 0.3) is 0 Å². The summed E-state index contributed by atoms with van der Waals surface area (Å²) in [5.74, 6) is 0.653. The number of rotatable bonds is 4. The van der Waals surface area contributed by atoms with E-state index >= 15 is 0 Å². The molecule has 1 aliphatic heterocycles. The van der Waals surface area contributed by atoms with Crippen molar-refractivity contribution in [3.05, 3.63) is 0 Å². The third-order valence-electron chi connectivity index (χ3n) is 3.43. The lowest BCUT2D eigenvalue weighted by Gasteiger charge is -2.31. The molecule has 1 saturated heterocycles. The first kappa shape index (κ1) is 13.6. The number of sulfone groups is 1. The van der Waals surface area contributed by atoms with Crippen LogP contribution in [0.1, 0.15) is 27.2 Å². The molecule has 0 aromatic rings. The molecule has 4 nitrogen and oxygen atoms in total. The lowest BCUT2D eigenvalue weighted by atomic mass is 9.88. The van der Waals surface area contributed by atoms with Gasteiger partial charge in [-0.15, -0.1) is 0 Å². The molecule has 0 amide bonds. The Balaban J connectivity index is 2.61. The van der Waals surface area contributed by atoms with Gasteiger partial charge in [-0.2, -0.15) is 0 Å². The highest BCUT2D eigenvalue weighted by Gasteiger charge is 2.34. The summed E-state index contributed by atoms with van der Waals surface area (Å²) in [6, 6.07) is 0.0728. The molecule has 0 N–H and O–H groups in total. The van der Waals surface area contributed by atoms with Gasteiger partial charge in [0.05, 0.1) is 11.5 Å². The lowest BCUT2D eigenvalue weighted by molar-refractivity contribution is -0.125. The van der Waals surface area contributed by atoms with Crippen LogP contribution in [0.4, 0.5) is 0 Å². The van der Waals surface area contributed by atoms with Crippen molar-refractivity contribution in [3.63, 3.8) is 0 Å². The van der Waals surface area contributed by atoms with E-state index in [1.807, 2.05) is 25.8 Å². The Kier molecular flexibility index (Phi) is 3.80. The van der Waals surface area contributed by atoms with Crippen LogP contribution in [0, 0.1) is 5.41 Å². The minimum absolute atomic E-state index is 0.0728. The van der Waals surface area contributed by atoms with Crippen LogP contribution in [-0.2, 0) is 14.6 Å². The van der Waals surface area contributed by atoms with E-state index in [1.54, 1.807) is 6.92 Å². The van der Waals surface area contributed by atoms with Crippen LogP contribution in [0.3, 0.4) is 0 Å². The maximum absolute atomic E-state index is 11.4. The van der Waals surface area contributed by atoms with Crippen LogP contribution in [0.15, 0.2) is 0 Å². The van der Waals surface area contributed by atoms with Gasteiger partial charge in [-0.3, -0.25) is 4.79 Å². The van der Waals surface area contributed by atoms with Crippen molar-refractivity contribution >= 4 is 15.6 Å². The Morgan fingerprint density at radius 1 is 1.44 bits per heavy atom. The first-order valence-electron chi connectivity index (χ1n) is 5.56. The van der Waals surface area contributed by atoms with Crippen LogP contribution < -0.4 is 0 Å². The van der Waals surface area contributed by atoms with Crippen LogP contribution in [0.2, 0.25) is 0 Å². The zero-order valence-corrected chi connectivity index (χ0v) is 11.3. The molecule has 1 rings (SSSR count). The minimum Gasteiger partial charge on any atom is -0.301 e. The third-order valence-corrected chi connectivity index (χ3v) is 5.18. The highest BCUT2D eigenvalue weighted by molar-refractivity contribution is 7.91. The van der Waals surface area contributed by atoms with Crippen molar-refractivity contribution in [2.24, 2.45) is 5.41 Å². The van der Waals surface area contributed by atoms with Gasteiger partial charge in [0.2, 0.25) is 0 Å². The SMILES string of the molecule is CC(=O)C(C)(C)CN(C)C1CCS(=O)(=O)C1. The second-order valence-corrected chi connectivity index (χ2v) is 7.64. The van der Waals surface area contributed by atoms with Crippen LogP contribution >= 0.6 is 0 Å². The number of ketones is 1. The first-order chi connectivity index (χ1) is 7.14. The highest BCUT2D eigenvalue weighted by Crippen LogP contribution is 2.22. The smallest absolute Gasteiger partial charge is 0.151 e. The standard InChI is InChI=1S/C11H21NO3S/c1-9(13)11(2,3)8-12(4)10-5-6-16(14,15)7-10/h10H,5-8H2,1-4H3. The van der Waals surface area contributed by atoms with E-state index in [2.05, 4.69) is 0 Å². The van der Waals surface area contributed by atoms with Gasteiger partial charge in [0.15, 0.2) is 9.84 Å². The molecule has 0 bridgehead atoms. The number of nitrogens with zero attached hydrogens (tertiary/aromatic N) is 1. The van der Waals surface area contributed by atoms with Crippen molar-refractivity contribution in [1.82, 2.24) is 4.90 Å². The Hall–Kier alpha value is -0.420. The monoisotopic (exact) mass is 247 g/mol. The second kappa shape index (κ2) is 4.45. The summed E-state index contributed by atoms with van der Waals surface area (Å²) < 4.78 is 22.7. The van der Waals surface area contributed by atoms with Gasteiger partial charge in [-0.05, 0) is 20.4 Å². The van der Waals surface area contributed by atoms with E-state index < -0.39 is 15.3 Å². The Labute approximate surface area is 97.9 Å². The molecule has 1 aliphatic rings. The molecule has 5 heteroatoms. The molecular formula is C11H21NO3S. The number of hydrogen-bond acceptors (Lipinski definition) is 4. The van der Waals surface area contributed by atoms with Gasteiger partial charge in [0.1, 0.15) is 5.78 Å². The van der Waals surface area contributed by atoms with Gasteiger partial charge in [-0.1, -0.05) is 13.8 Å². The summed E-state index contributed by atoms with van der Waals surface area (Å²) in [4.78, 5) is 13.4. The average Bonchev–Trinajstić information content (AvgIpc) is 2.45. The fraction of sp³-hybridized carbons (Fsp3) is 0.909. The fourth-order valence-corrected chi connectivity index (χ4v) is 3.79. The fourth-order valence-electron chi connectivity index (χ4n) is 1.99. The van der Waals surface area contributed by atoms with E-state index in [1.165, 1.54) is 0 Å². The molecule has 1 heterocycles.